The zero-order valence-electron chi connectivity index (χ0n) is 11.0. The molecule has 5 atom stereocenters. The Hall–Kier alpha value is -1.31. The van der Waals surface area contributed by atoms with E-state index in [-0.39, 0.29) is 12.8 Å². The Morgan fingerprint density at radius 1 is 1.35 bits per heavy atom. The quantitative estimate of drug-likeness (QED) is 0.427. The van der Waals surface area contributed by atoms with E-state index in [0.29, 0.717) is 12.8 Å². The molecular weight excluding hydrogens is 266 g/mol. The standard InChI is InChI=1S/C13H19NO6/c14-9-3-6(16)1-2-8(9)12(18)11-10(17)4-7(5-15)20-13(11)19/h6-9,11,15-16H,1-5,14H2. The third kappa shape index (κ3) is 2.89. The van der Waals surface area contributed by atoms with Gasteiger partial charge in [0, 0.05) is 18.4 Å². The second-order valence-corrected chi connectivity index (χ2v) is 5.48. The number of aliphatic hydroxyl groups is 2. The molecule has 1 heterocycles. The predicted molar refractivity (Wildman–Crippen MR) is 66.4 cm³/mol. The van der Waals surface area contributed by atoms with Crippen LogP contribution in [0.1, 0.15) is 25.7 Å². The van der Waals surface area contributed by atoms with E-state index in [4.69, 9.17) is 15.6 Å². The minimum absolute atomic E-state index is 0.150. The minimum atomic E-state index is -1.43. The van der Waals surface area contributed by atoms with Gasteiger partial charge in [0.05, 0.1) is 12.7 Å². The van der Waals surface area contributed by atoms with Crippen LogP contribution in [0.4, 0.5) is 0 Å². The molecule has 5 unspecified atom stereocenters. The van der Waals surface area contributed by atoms with Gasteiger partial charge in [-0.25, -0.2) is 0 Å². The number of aliphatic hydroxyl groups excluding tert-OH is 2. The molecule has 2 aliphatic rings. The van der Waals surface area contributed by atoms with Crippen molar-refractivity contribution in [2.24, 2.45) is 17.6 Å². The molecule has 4 N–H and O–H groups in total. The van der Waals surface area contributed by atoms with E-state index in [9.17, 15) is 19.5 Å². The van der Waals surface area contributed by atoms with Crippen molar-refractivity contribution in [3.63, 3.8) is 0 Å². The van der Waals surface area contributed by atoms with Gasteiger partial charge in [-0.15, -0.1) is 0 Å². The maximum absolute atomic E-state index is 12.3. The molecule has 2 rings (SSSR count). The van der Waals surface area contributed by atoms with Crippen LogP contribution in [0.3, 0.4) is 0 Å². The third-order valence-corrected chi connectivity index (χ3v) is 3.99. The molecular formula is C13H19NO6. The molecule has 7 nitrogen and oxygen atoms in total. The van der Waals surface area contributed by atoms with E-state index in [1.54, 1.807) is 0 Å². The maximum atomic E-state index is 12.3. The second kappa shape index (κ2) is 5.99. The highest BCUT2D eigenvalue weighted by Crippen LogP contribution is 2.29. The number of carbonyl (C=O) groups excluding carboxylic acids is 3. The molecule has 0 spiro atoms. The fraction of sp³-hybridized carbons (Fsp3) is 0.769. The summed E-state index contributed by atoms with van der Waals surface area (Å²) in [4.78, 5) is 36.0. The molecule has 0 radical (unpaired) electrons. The van der Waals surface area contributed by atoms with Crippen LogP contribution in [0.2, 0.25) is 0 Å². The smallest absolute Gasteiger partial charge is 0.324 e. The summed E-state index contributed by atoms with van der Waals surface area (Å²) in [7, 11) is 0. The van der Waals surface area contributed by atoms with Crippen molar-refractivity contribution in [3.8, 4) is 0 Å². The first-order valence-corrected chi connectivity index (χ1v) is 6.75. The molecule has 2 fully saturated rings. The molecule has 20 heavy (non-hydrogen) atoms. The van der Waals surface area contributed by atoms with Gasteiger partial charge in [0.25, 0.3) is 0 Å². The number of cyclic esters (lactones) is 1. The van der Waals surface area contributed by atoms with Gasteiger partial charge in [-0.1, -0.05) is 0 Å². The van der Waals surface area contributed by atoms with Gasteiger partial charge in [-0.3, -0.25) is 14.4 Å². The second-order valence-electron chi connectivity index (χ2n) is 5.48. The van der Waals surface area contributed by atoms with E-state index in [2.05, 4.69) is 0 Å². The van der Waals surface area contributed by atoms with Crippen LogP contribution in [-0.4, -0.2) is 52.6 Å². The zero-order chi connectivity index (χ0) is 14.9. The van der Waals surface area contributed by atoms with Gasteiger partial charge < -0.3 is 20.7 Å². The first-order chi connectivity index (χ1) is 9.43. The SMILES string of the molecule is NC1CC(O)CCC1C(=O)C1C(=O)CC(CO)OC1=O. The monoisotopic (exact) mass is 285 g/mol. The van der Waals surface area contributed by atoms with Crippen LogP contribution >= 0.6 is 0 Å². The molecule has 0 amide bonds. The Kier molecular flexibility index (Phi) is 4.52. The average Bonchev–Trinajstić information content (AvgIpc) is 2.37. The maximum Gasteiger partial charge on any atom is 0.324 e. The lowest BCUT2D eigenvalue weighted by atomic mass is 9.75. The van der Waals surface area contributed by atoms with Crippen molar-refractivity contribution < 1.29 is 29.3 Å². The molecule has 7 heteroatoms. The van der Waals surface area contributed by atoms with E-state index in [1.165, 1.54) is 0 Å². The number of hydrogen-bond donors (Lipinski definition) is 3. The first kappa shape index (κ1) is 15.1. The van der Waals surface area contributed by atoms with Crippen LogP contribution in [0, 0.1) is 11.8 Å². The molecule has 112 valence electrons. The van der Waals surface area contributed by atoms with E-state index < -0.39 is 54.2 Å². The number of carbonyl (C=O) groups is 3. The van der Waals surface area contributed by atoms with Crippen molar-refractivity contribution in [1.82, 2.24) is 0 Å². The van der Waals surface area contributed by atoms with Crippen molar-refractivity contribution >= 4 is 17.5 Å². The summed E-state index contributed by atoms with van der Waals surface area (Å²) in [6.45, 7) is -0.437. The normalized spacial score (nSPS) is 38.5. The molecule has 1 saturated carbocycles. The van der Waals surface area contributed by atoms with Crippen LogP contribution in [-0.2, 0) is 19.1 Å². The Morgan fingerprint density at radius 2 is 2.05 bits per heavy atom. The molecule has 1 aliphatic carbocycles. The molecule has 0 aromatic rings. The highest BCUT2D eigenvalue weighted by Gasteiger charge is 2.46. The van der Waals surface area contributed by atoms with Crippen LogP contribution in [0.25, 0.3) is 0 Å². The Labute approximate surface area is 116 Å². The topological polar surface area (TPSA) is 127 Å². The fourth-order valence-electron chi connectivity index (χ4n) is 2.87. The highest BCUT2D eigenvalue weighted by atomic mass is 16.6. The molecule has 0 aromatic heterocycles. The summed E-state index contributed by atoms with van der Waals surface area (Å²) in [6, 6.07) is -0.553. The van der Waals surface area contributed by atoms with Crippen LogP contribution in [0.5, 0.6) is 0 Å². The highest BCUT2D eigenvalue weighted by molar-refractivity contribution is 6.19. The summed E-state index contributed by atoms with van der Waals surface area (Å²) in [5.74, 6) is -3.97. The number of ketones is 2. The molecule has 0 bridgehead atoms. The lowest BCUT2D eigenvalue weighted by molar-refractivity contribution is -0.169. The van der Waals surface area contributed by atoms with Gasteiger partial charge in [0.1, 0.15) is 6.10 Å². The first-order valence-electron chi connectivity index (χ1n) is 6.75. The van der Waals surface area contributed by atoms with Crippen molar-refractivity contribution in [2.75, 3.05) is 6.61 Å². The summed E-state index contributed by atoms with van der Waals surface area (Å²) in [5.41, 5.74) is 5.84. The number of hydrogen-bond acceptors (Lipinski definition) is 7. The van der Waals surface area contributed by atoms with Crippen molar-refractivity contribution in [3.05, 3.63) is 0 Å². The van der Waals surface area contributed by atoms with Crippen molar-refractivity contribution in [1.29, 1.82) is 0 Å². The molecule has 0 aromatic carbocycles. The Morgan fingerprint density at radius 3 is 2.60 bits per heavy atom. The number of esters is 1. The number of Topliss-reactive ketones (excluding diaryl/α,β-unsaturated/α-hetero) is 2. The van der Waals surface area contributed by atoms with Gasteiger partial charge >= 0.3 is 5.97 Å². The van der Waals surface area contributed by atoms with Gasteiger partial charge in [0.2, 0.25) is 0 Å². The Bertz CT molecular complexity index is 405. The summed E-state index contributed by atoms with van der Waals surface area (Å²) in [6.07, 6.45) is -0.474. The number of rotatable bonds is 3. The third-order valence-electron chi connectivity index (χ3n) is 3.99. The summed E-state index contributed by atoms with van der Waals surface area (Å²) < 4.78 is 4.87. The minimum Gasteiger partial charge on any atom is -0.459 e. The Balaban J connectivity index is 2.09. The predicted octanol–water partition coefficient (Wildman–Crippen LogP) is -1.46. The number of nitrogens with two attached hydrogens (primary N) is 1. The van der Waals surface area contributed by atoms with E-state index in [1.807, 2.05) is 0 Å². The van der Waals surface area contributed by atoms with Crippen LogP contribution in [0.15, 0.2) is 0 Å². The van der Waals surface area contributed by atoms with Gasteiger partial charge in [0.15, 0.2) is 17.5 Å². The lowest BCUT2D eigenvalue weighted by Crippen LogP contribution is -2.50. The summed E-state index contributed by atoms with van der Waals surface area (Å²) >= 11 is 0. The average molecular weight is 285 g/mol. The lowest BCUT2D eigenvalue weighted by Gasteiger charge is -2.33. The molecule has 1 saturated heterocycles. The van der Waals surface area contributed by atoms with E-state index in [0.717, 1.165) is 0 Å². The summed E-state index contributed by atoms with van der Waals surface area (Å²) in [5, 5.41) is 18.4. The van der Waals surface area contributed by atoms with Gasteiger partial charge in [-0.05, 0) is 19.3 Å². The molecule has 1 aliphatic heterocycles. The van der Waals surface area contributed by atoms with Gasteiger partial charge in [-0.2, -0.15) is 0 Å². The fourth-order valence-corrected chi connectivity index (χ4v) is 2.87. The number of ether oxygens (including phenoxy) is 1. The zero-order valence-corrected chi connectivity index (χ0v) is 11.0. The largest absolute Gasteiger partial charge is 0.459 e. The van der Waals surface area contributed by atoms with Crippen molar-refractivity contribution in [2.45, 2.75) is 43.9 Å². The van der Waals surface area contributed by atoms with Crippen LogP contribution < -0.4 is 5.73 Å². The van der Waals surface area contributed by atoms with E-state index >= 15 is 0 Å².